The fraction of sp³-hybridized carbons (Fsp3) is 0.164. The predicted molar refractivity (Wildman–Crippen MR) is 327 cm³/mol. The minimum atomic E-state index is -2.75. The number of rotatable bonds is 9. The molecule has 13 N–H and O–H groups in total. The highest BCUT2D eigenvalue weighted by molar-refractivity contribution is 6.45. The molecule has 468 valence electrons. The van der Waals surface area contributed by atoms with Crippen LogP contribution in [0.2, 0.25) is 30.1 Å². The normalized spacial score (nSPS) is 20.2. The number of hydrogen-bond acceptors (Lipinski definition) is 16. The van der Waals surface area contributed by atoms with Gasteiger partial charge in [0.1, 0.15) is 41.7 Å². The van der Waals surface area contributed by atoms with Gasteiger partial charge in [-0.05, 0) is 112 Å². The van der Waals surface area contributed by atoms with Crippen molar-refractivity contribution in [1.82, 2.24) is 31.5 Å². The Kier molecular flexibility index (Phi) is 18.0. The van der Waals surface area contributed by atoms with E-state index < -0.39 is 166 Å². The fourth-order valence-corrected chi connectivity index (χ4v) is 12.0. The number of phenolic OH excluding ortho intramolecular Hbond substituents is 5. The minimum absolute atomic E-state index is 0.000399. The molecule has 91 heavy (non-hydrogen) atoms. The standard InChI is InChI=1S/C61H45Cl6N7O17/c1-74-42(54(82)73-47(59(87)88)24-4-7-30(75)8-5-24)12-23-2-9-31(10-3-23)91-43-21-26-13-32(49(43)77)25-6-11-33-40(20-25)69-60(89)61(33,90)22-41(68-57(85)48(76)29-18-38(66)52(80)39(67)19-29)53(81)70-45(27-14-34(62)50(78)35(63)15-27)55(83)71-44(26)56(84)72-46(58(74)86)28-16-36(64)51(79)37(65)17-28/h2-11,13-21,41-42,44-47,75,77-80,90H,12,22H2,1H3,(H,68,85)(H,69,89)(H,70,81)(H,71,83)(H,72,84)(H,73,82)(H,87,88)/t41-,42+,44+,45-,46-,47+,61+/m1/s1. The summed E-state index contributed by atoms with van der Waals surface area (Å²) in [5, 5.41) is 88.6. The summed E-state index contributed by atoms with van der Waals surface area (Å²) in [6.45, 7) is 0. The number of likely N-dealkylation sites (N-methyl/N-ethyl adjacent to an activating group) is 1. The number of carbonyl (C=O) groups is 9. The van der Waals surface area contributed by atoms with Crippen molar-refractivity contribution >= 4 is 128 Å². The Morgan fingerprint density at radius 3 is 1.70 bits per heavy atom. The van der Waals surface area contributed by atoms with Crippen molar-refractivity contribution in [3.63, 3.8) is 0 Å². The number of carboxylic acid groups (broad SMARTS) is 1. The smallest absolute Gasteiger partial charge is 0.330 e. The lowest BCUT2D eigenvalue weighted by Crippen LogP contribution is -2.55. The fourth-order valence-electron chi connectivity index (χ4n) is 10.5. The molecule has 0 radical (unpaired) electrons. The molecule has 24 nitrogen and oxygen atoms in total. The molecule has 7 amide bonds. The van der Waals surface area contributed by atoms with Gasteiger partial charge in [-0.2, -0.15) is 0 Å². The van der Waals surface area contributed by atoms with Crippen LogP contribution in [0.1, 0.15) is 74.3 Å². The van der Waals surface area contributed by atoms with E-state index in [0.29, 0.717) is 5.56 Å². The molecule has 9 bridgehead atoms. The minimum Gasteiger partial charge on any atom is -0.508 e. The largest absolute Gasteiger partial charge is 0.508 e. The second-order valence-corrected chi connectivity index (χ2v) is 23.6. The van der Waals surface area contributed by atoms with Crippen LogP contribution in [0.15, 0.2) is 115 Å². The predicted octanol–water partition coefficient (Wildman–Crippen LogP) is 7.70. The average Bonchev–Trinajstić information content (AvgIpc) is 1.63. The molecule has 0 saturated heterocycles. The summed E-state index contributed by atoms with van der Waals surface area (Å²) in [7, 11) is 1.16. The Balaban J connectivity index is 1.16. The zero-order valence-corrected chi connectivity index (χ0v) is 50.8. The van der Waals surface area contributed by atoms with Gasteiger partial charge in [0.25, 0.3) is 11.8 Å². The number of phenols is 5. The SMILES string of the molecule is CN1C(=O)[C@@H](c2cc(Cl)c(O)c(Cl)c2)NC(=O)[C@H]2NC(=O)[C@@H](c3cc(Cl)c(O)c(Cl)c3)NC(=O)[C@H](NC(=O)C(=O)c3cc(Cl)c(O)c(Cl)c3)C[C@@]3(O)C(=O)Nc4cc(ccc43)-c3cc2cc(c3O)Oc2ccc(cc2)C[C@H]1C(=O)N[C@H](C(=O)O)c1ccc(O)cc1. The van der Waals surface area contributed by atoms with E-state index >= 15 is 19.2 Å². The third-order valence-corrected chi connectivity index (χ3v) is 17.0. The van der Waals surface area contributed by atoms with Crippen LogP contribution in [-0.2, 0) is 50.4 Å². The first-order chi connectivity index (χ1) is 43.0. The molecule has 5 aliphatic rings. The highest BCUT2D eigenvalue weighted by Crippen LogP contribution is 2.47. The Labute approximate surface area is 543 Å². The quantitative estimate of drug-likeness (QED) is 0.0486. The van der Waals surface area contributed by atoms with Crippen molar-refractivity contribution in [2.45, 2.75) is 54.7 Å². The lowest BCUT2D eigenvalue weighted by atomic mass is 9.86. The number of nitrogens with one attached hydrogen (secondary N) is 6. The van der Waals surface area contributed by atoms with E-state index in [0.717, 1.165) is 54.4 Å². The van der Waals surface area contributed by atoms with Crippen LogP contribution >= 0.6 is 69.6 Å². The number of nitrogens with zero attached hydrogens (tertiary/aromatic N) is 1. The Morgan fingerprint density at radius 1 is 0.626 bits per heavy atom. The van der Waals surface area contributed by atoms with E-state index in [9.17, 15) is 59.7 Å². The second-order valence-electron chi connectivity index (χ2n) is 21.1. The third-order valence-electron chi connectivity index (χ3n) is 15.3. The number of carbonyl (C=O) groups excluding carboxylic acids is 8. The van der Waals surface area contributed by atoms with Crippen molar-refractivity contribution < 1.29 is 83.6 Å². The molecule has 12 rings (SSSR count). The van der Waals surface area contributed by atoms with Crippen LogP contribution in [0.5, 0.6) is 40.2 Å². The van der Waals surface area contributed by atoms with Gasteiger partial charge in [0.15, 0.2) is 40.4 Å². The first kappa shape index (κ1) is 64.5. The van der Waals surface area contributed by atoms with Gasteiger partial charge in [-0.3, -0.25) is 38.4 Å². The first-order valence-electron chi connectivity index (χ1n) is 26.7. The molecule has 0 aromatic heterocycles. The van der Waals surface area contributed by atoms with Crippen LogP contribution in [0.25, 0.3) is 11.1 Å². The monoisotopic (exact) mass is 1360 g/mol. The van der Waals surface area contributed by atoms with Crippen molar-refractivity contribution in [2.24, 2.45) is 0 Å². The number of aromatic hydroxyl groups is 5. The molecule has 30 heteroatoms. The Morgan fingerprint density at radius 2 is 1.14 bits per heavy atom. The van der Waals surface area contributed by atoms with Crippen LogP contribution < -0.4 is 36.6 Å². The number of hydrogen-bond donors (Lipinski definition) is 13. The summed E-state index contributed by atoms with van der Waals surface area (Å²) in [6.07, 6.45) is -1.47. The zero-order chi connectivity index (χ0) is 65.8. The topological polar surface area (TPSA) is 380 Å². The van der Waals surface area contributed by atoms with Crippen LogP contribution in [-0.4, -0.2) is 113 Å². The van der Waals surface area contributed by atoms with Crippen LogP contribution in [0.3, 0.4) is 0 Å². The molecular formula is C61H45Cl6N7O17. The maximum Gasteiger partial charge on any atom is 0.330 e. The molecule has 7 aromatic rings. The second kappa shape index (κ2) is 25.4. The van der Waals surface area contributed by atoms with Gasteiger partial charge in [-0.25, -0.2) is 4.79 Å². The number of benzene rings is 7. The number of aliphatic hydroxyl groups is 1. The molecule has 0 fully saturated rings. The maximum absolute atomic E-state index is 15.8. The number of carboxylic acids is 1. The summed E-state index contributed by atoms with van der Waals surface area (Å²) in [4.78, 5) is 132. The van der Waals surface area contributed by atoms with Gasteiger partial charge >= 0.3 is 5.97 Å². The summed E-state index contributed by atoms with van der Waals surface area (Å²) >= 11 is 37.9. The number of anilines is 1. The Bertz CT molecular complexity index is 4200. The summed E-state index contributed by atoms with van der Waals surface area (Å²) < 4.78 is 6.32. The van der Waals surface area contributed by atoms with Gasteiger partial charge in [0.2, 0.25) is 35.3 Å². The number of fused-ring (bicyclic) bond motifs is 15. The van der Waals surface area contributed by atoms with Gasteiger partial charge < -0.3 is 77.3 Å². The number of Topliss-reactive ketones (excluding diaryl/α,β-unsaturated/α-hetero) is 1. The van der Waals surface area contributed by atoms with E-state index in [1.54, 1.807) is 0 Å². The van der Waals surface area contributed by atoms with E-state index in [1.165, 1.54) is 72.8 Å². The maximum atomic E-state index is 15.8. The highest BCUT2D eigenvalue weighted by atomic mass is 35.5. The summed E-state index contributed by atoms with van der Waals surface area (Å²) in [5.41, 5.74) is -4.29. The van der Waals surface area contributed by atoms with Crippen LogP contribution in [0.4, 0.5) is 5.69 Å². The van der Waals surface area contributed by atoms with Crippen LogP contribution in [0, 0.1) is 0 Å². The van der Waals surface area contributed by atoms with Gasteiger partial charge in [0, 0.05) is 42.3 Å². The van der Waals surface area contributed by atoms with Gasteiger partial charge in [0.05, 0.1) is 30.1 Å². The van der Waals surface area contributed by atoms with E-state index in [4.69, 9.17) is 74.3 Å². The molecule has 7 aromatic carbocycles. The van der Waals surface area contributed by atoms with E-state index in [1.807, 2.05) is 0 Å². The first-order valence-corrected chi connectivity index (χ1v) is 29.0. The van der Waals surface area contributed by atoms with Crippen molar-refractivity contribution in [3.8, 4) is 51.4 Å². The Hall–Kier alpha value is -9.53. The molecule has 0 aliphatic carbocycles. The van der Waals surface area contributed by atoms with Crippen molar-refractivity contribution in [2.75, 3.05) is 12.4 Å². The van der Waals surface area contributed by atoms with Crippen molar-refractivity contribution in [1.29, 1.82) is 0 Å². The number of ketones is 1. The average molecular weight is 1360 g/mol. The third kappa shape index (κ3) is 12.8. The summed E-state index contributed by atoms with van der Waals surface area (Å²) in [6, 6.07) is 10.6. The molecular weight excluding hydrogens is 1320 g/mol. The molecule has 0 saturated carbocycles. The molecule has 0 spiro atoms. The molecule has 5 heterocycles. The number of amides is 7. The van der Waals surface area contributed by atoms with Gasteiger partial charge in [-0.1, -0.05) is 106 Å². The zero-order valence-electron chi connectivity index (χ0n) is 46.3. The molecule has 0 unspecified atom stereocenters. The number of aliphatic carboxylic acids is 1. The lowest BCUT2D eigenvalue weighted by Gasteiger charge is -2.33. The van der Waals surface area contributed by atoms with E-state index in [-0.39, 0.29) is 62.6 Å². The molecule has 5 aliphatic heterocycles. The van der Waals surface area contributed by atoms with Gasteiger partial charge in [-0.15, -0.1) is 0 Å². The van der Waals surface area contributed by atoms with E-state index in [2.05, 4.69) is 31.9 Å². The number of halogens is 6. The molecule has 7 atom stereocenters. The summed E-state index contributed by atoms with van der Waals surface area (Å²) in [5.74, 6) is -15.3. The number of ether oxygens (including phenoxy) is 1. The highest BCUT2D eigenvalue weighted by Gasteiger charge is 2.49. The van der Waals surface area contributed by atoms with Crippen molar-refractivity contribution in [3.05, 3.63) is 184 Å². The lowest BCUT2D eigenvalue weighted by molar-refractivity contribution is -0.145.